The third-order valence-electron chi connectivity index (χ3n) is 3.58. The molecular weight excluding hydrogens is 246 g/mol. The molecule has 1 heterocycles. The van der Waals surface area contributed by atoms with Gasteiger partial charge in [0, 0.05) is 21.8 Å². The van der Waals surface area contributed by atoms with Gasteiger partial charge in [0.15, 0.2) is 0 Å². The Balaban J connectivity index is 1.84. The minimum atomic E-state index is -0.172. The standard InChI is InChI=1S/C14H21NO2S/c1-14(2,10-4-5-10)15-9-12-7-6-11(18-12)8-13(16)17-3/h6-7,10,15H,4-5,8-9H2,1-3H3. The van der Waals surface area contributed by atoms with E-state index in [1.54, 1.807) is 11.3 Å². The number of nitrogens with one attached hydrogen (secondary N) is 1. The van der Waals surface area contributed by atoms with Crippen molar-refractivity contribution in [3.8, 4) is 0 Å². The summed E-state index contributed by atoms with van der Waals surface area (Å²) in [7, 11) is 1.43. The van der Waals surface area contributed by atoms with Crippen LogP contribution < -0.4 is 5.32 Å². The Morgan fingerprint density at radius 2 is 2.11 bits per heavy atom. The van der Waals surface area contributed by atoms with Gasteiger partial charge in [-0.25, -0.2) is 0 Å². The van der Waals surface area contributed by atoms with E-state index in [0.717, 1.165) is 17.3 Å². The van der Waals surface area contributed by atoms with Gasteiger partial charge >= 0.3 is 5.97 Å². The summed E-state index contributed by atoms with van der Waals surface area (Å²) in [5.74, 6) is 0.654. The second-order valence-corrected chi connectivity index (χ2v) is 6.72. The second kappa shape index (κ2) is 5.41. The number of thiophene rings is 1. The fourth-order valence-electron chi connectivity index (χ4n) is 2.09. The van der Waals surface area contributed by atoms with Crippen LogP contribution in [0.25, 0.3) is 0 Å². The van der Waals surface area contributed by atoms with Gasteiger partial charge in [-0.2, -0.15) is 0 Å². The molecule has 1 aliphatic rings. The van der Waals surface area contributed by atoms with Crippen molar-refractivity contribution in [2.45, 2.75) is 45.2 Å². The maximum Gasteiger partial charge on any atom is 0.310 e. The molecule has 0 aliphatic heterocycles. The normalized spacial score (nSPS) is 15.7. The number of methoxy groups -OCH3 is 1. The molecule has 0 bridgehead atoms. The SMILES string of the molecule is COC(=O)Cc1ccc(CNC(C)(C)C2CC2)s1. The molecule has 0 aromatic carbocycles. The smallest absolute Gasteiger partial charge is 0.310 e. The van der Waals surface area contributed by atoms with Crippen molar-refractivity contribution in [2.75, 3.05) is 7.11 Å². The highest BCUT2D eigenvalue weighted by atomic mass is 32.1. The molecule has 18 heavy (non-hydrogen) atoms. The number of carbonyl (C=O) groups is 1. The van der Waals surface area contributed by atoms with Crippen molar-refractivity contribution >= 4 is 17.3 Å². The monoisotopic (exact) mass is 267 g/mol. The van der Waals surface area contributed by atoms with E-state index in [0.29, 0.717) is 6.42 Å². The number of carbonyl (C=O) groups excluding carboxylic acids is 1. The summed E-state index contributed by atoms with van der Waals surface area (Å²) < 4.78 is 4.67. The lowest BCUT2D eigenvalue weighted by atomic mass is 9.99. The fourth-order valence-corrected chi connectivity index (χ4v) is 3.03. The summed E-state index contributed by atoms with van der Waals surface area (Å²) in [4.78, 5) is 13.5. The Morgan fingerprint density at radius 3 is 2.72 bits per heavy atom. The van der Waals surface area contributed by atoms with E-state index < -0.39 is 0 Å². The minimum absolute atomic E-state index is 0.172. The number of rotatable bonds is 6. The van der Waals surface area contributed by atoms with E-state index in [1.807, 2.05) is 6.07 Å². The van der Waals surface area contributed by atoms with E-state index in [2.05, 4.69) is 30.0 Å². The fraction of sp³-hybridized carbons (Fsp3) is 0.643. The third kappa shape index (κ3) is 3.56. The van der Waals surface area contributed by atoms with Crippen LogP contribution in [0.15, 0.2) is 12.1 Å². The van der Waals surface area contributed by atoms with Crippen LogP contribution in [-0.2, 0) is 22.5 Å². The van der Waals surface area contributed by atoms with Crippen LogP contribution in [0.5, 0.6) is 0 Å². The zero-order valence-corrected chi connectivity index (χ0v) is 12.1. The lowest BCUT2D eigenvalue weighted by molar-refractivity contribution is -0.139. The number of ether oxygens (including phenoxy) is 1. The van der Waals surface area contributed by atoms with Gasteiger partial charge in [0.1, 0.15) is 0 Å². The van der Waals surface area contributed by atoms with Gasteiger partial charge < -0.3 is 10.1 Å². The van der Waals surface area contributed by atoms with Crippen molar-refractivity contribution in [2.24, 2.45) is 5.92 Å². The van der Waals surface area contributed by atoms with Crippen molar-refractivity contribution in [3.63, 3.8) is 0 Å². The molecule has 0 amide bonds. The third-order valence-corrected chi connectivity index (χ3v) is 4.66. The van der Waals surface area contributed by atoms with Gasteiger partial charge in [-0.3, -0.25) is 4.79 Å². The summed E-state index contributed by atoms with van der Waals surface area (Å²) in [5.41, 5.74) is 0.229. The summed E-state index contributed by atoms with van der Waals surface area (Å²) >= 11 is 1.69. The highest BCUT2D eigenvalue weighted by Crippen LogP contribution is 2.39. The Hall–Kier alpha value is -0.870. The summed E-state index contributed by atoms with van der Waals surface area (Å²) in [6, 6.07) is 4.11. The number of hydrogen-bond acceptors (Lipinski definition) is 4. The molecule has 2 rings (SSSR count). The second-order valence-electron chi connectivity index (χ2n) is 5.47. The molecule has 100 valence electrons. The molecular formula is C14H21NO2S. The van der Waals surface area contributed by atoms with E-state index in [9.17, 15) is 4.79 Å². The first-order chi connectivity index (χ1) is 8.51. The molecule has 0 saturated heterocycles. The molecule has 1 aromatic heterocycles. The predicted octanol–water partition coefficient (Wildman–Crippen LogP) is 2.74. The number of hydrogen-bond donors (Lipinski definition) is 1. The molecule has 1 fully saturated rings. The predicted molar refractivity (Wildman–Crippen MR) is 73.7 cm³/mol. The first kappa shape index (κ1) is 13.6. The molecule has 1 aliphatic carbocycles. The van der Waals surface area contributed by atoms with Gasteiger partial charge in [-0.05, 0) is 44.7 Å². The van der Waals surface area contributed by atoms with Crippen molar-refractivity contribution in [1.82, 2.24) is 5.32 Å². The van der Waals surface area contributed by atoms with Crippen molar-refractivity contribution < 1.29 is 9.53 Å². The maximum atomic E-state index is 11.2. The van der Waals surface area contributed by atoms with E-state index >= 15 is 0 Å². The van der Waals surface area contributed by atoms with Crippen LogP contribution in [0.1, 0.15) is 36.4 Å². The first-order valence-electron chi connectivity index (χ1n) is 6.40. The van der Waals surface area contributed by atoms with Gasteiger partial charge in [-0.1, -0.05) is 0 Å². The van der Waals surface area contributed by atoms with E-state index in [-0.39, 0.29) is 11.5 Å². The Kier molecular flexibility index (Phi) is 4.07. The largest absolute Gasteiger partial charge is 0.469 e. The van der Waals surface area contributed by atoms with Crippen molar-refractivity contribution in [3.05, 3.63) is 21.9 Å². The van der Waals surface area contributed by atoms with Crippen LogP contribution in [-0.4, -0.2) is 18.6 Å². The highest BCUT2D eigenvalue weighted by Gasteiger charge is 2.37. The zero-order valence-electron chi connectivity index (χ0n) is 11.3. The van der Waals surface area contributed by atoms with Crippen LogP contribution in [0, 0.1) is 5.92 Å². The van der Waals surface area contributed by atoms with Gasteiger partial charge in [0.25, 0.3) is 0 Å². The topological polar surface area (TPSA) is 38.3 Å². The summed E-state index contributed by atoms with van der Waals surface area (Å²) in [5, 5.41) is 3.61. The van der Waals surface area contributed by atoms with E-state index in [4.69, 9.17) is 0 Å². The Bertz CT molecular complexity index is 421. The quantitative estimate of drug-likeness (QED) is 0.805. The Morgan fingerprint density at radius 1 is 1.44 bits per heavy atom. The molecule has 4 heteroatoms. The maximum absolute atomic E-state index is 11.2. The highest BCUT2D eigenvalue weighted by molar-refractivity contribution is 7.12. The summed E-state index contributed by atoms with van der Waals surface area (Å²) in [6.45, 7) is 5.43. The number of esters is 1. The van der Waals surface area contributed by atoms with Crippen LogP contribution in [0.2, 0.25) is 0 Å². The van der Waals surface area contributed by atoms with Crippen LogP contribution >= 0.6 is 11.3 Å². The first-order valence-corrected chi connectivity index (χ1v) is 7.22. The molecule has 1 N–H and O–H groups in total. The van der Waals surface area contributed by atoms with Crippen LogP contribution in [0.3, 0.4) is 0 Å². The molecule has 0 radical (unpaired) electrons. The molecule has 1 aromatic rings. The molecule has 3 nitrogen and oxygen atoms in total. The average molecular weight is 267 g/mol. The van der Waals surface area contributed by atoms with Gasteiger partial charge in [-0.15, -0.1) is 11.3 Å². The minimum Gasteiger partial charge on any atom is -0.469 e. The van der Waals surface area contributed by atoms with E-state index in [1.165, 1.54) is 24.8 Å². The average Bonchev–Trinajstić information content (AvgIpc) is 3.10. The van der Waals surface area contributed by atoms with Crippen LogP contribution in [0.4, 0.5) is 0 Å². The van der Waals surface area contributed by atoms with Gasteiger partial charge in [0.05, 0.1) is 13.5 Å². The van der Waals surface area contributed by atoms with Crippen molar-refractivity contribution in [1.29, 1.82) is 0 Å². The molecule has 0 atom stereocenters. The Labute approximate surface area is 113 Å². The molecule has 0 unspecified atom stereocenters. The molecule has 0 spiro atoms. The zero-order chi connectivity index (χ0) is 13.2. The molecule has 1 saturated carbocycles. The van der Waals surface area contributed by atoms with Gasteiger partial charge in [0.2, 0.25) is 0 Å². The summed E-state index contributed by atoms with van der Waals surface area (Å²) in [6.07, 6.45) is 3.07. The lowest BCUT2D eigenvalue weighted by Gasteiger charge is -2.25. The lowest BCUT2D eigenvalue weighted by Crippen LogP contribution is -2.40.